The smallest absolute Gasteiger partial charge is 0.254 e. The van der Waals surface area contributed by atoms with Gasteiger partial charge in [-0.3, -0.25) is 4.79 Å². The lowest BCUT2D eigenvalue weighted by molar-refractivity contribution is -0.132. The minimum Gasteiger partial charge on any atom is -0.367 e. The molecule has 1 heterocycles. The third-order valence-electron chi connectivity index (χ3n) is 3.49. The molecule has 0 aromatic heterocycles. The van der Waals surface area contributed by atoms with E-state index < -0.39 is 6.10 Å². The average Bonchev–Trinajstić information content (AvgIpc) is 2.41. The maximum absolute atomic E-state index is 12.3. The predicted molar refractivity (Wildman–Crippen MR) is 74.8 cm³/mol. The second-order valence-corrected chi connectivity index (χ2v) is 5.23. The van der Waals surface area contributed by atoms with Gasteiger partial charge in [0.2, 0.25) is 0 Å². The van der Waals surface area contributed by atoms with Gasteiger partial charge in [0.05, 0.1) is 0 Å². The fraction of sp³-hybridized carbons (Fsp3) is 0.533. The van der Waals surface area contributed by atoms with Crippen molar-refractivity contribution in [1.82, 2.24) is 10.6 Å². The molecular formula is C15H22N2O2. The third kappa shape index (κ3) is 3.78. The van der Waals surface area contributed by atoms with Crippen molar-refractivity contribution in [1.29, 1.82) is 0 Å². The van der Waals surface area contributed by atoms with Gasteiger partial charge in [-0.2, -0.15) is 0 Å². The minimum absolute atomic E-state index is 0.0606. The van der Waals surface area contributed by atoms with Crippen LogP contribution in [0.3, 0.4) is 0 Å². The van der Waals surface area contributed by atoms with Crippen LogP contribution in [0.15, 0.2) is 30.3 Å². The second-order valence-electron chi connectivity index (χ2n) is 5.23. The number of amides is 1. The van der Waals surface area contributed by atoms with Crippen molar-refractivity contribution in [2.75, 3.05) is 20.2 Å². The fourth-order valence-electron chi connectivity index (χ4n) is 2.57. The molecule has 0 aliphatic carbocycles. The van der Waals surface area contributed by atoms with Gasteiger partial charge < -0.3 is 15.4 Å². The molecule has 2 rings (SSSR count). The summed E-state index contributed by atoms with van der Waals surface area (Å²) in [5.41, 5.74) is 0.888. The number of hydrogen-bond acceptors (Lipinski definition) is 3. The molecular weight excluding hydrogens is 240 g/mol. The molecule has 1 amide bonds. The Hall–Kier alpha value is -1.39. The molecule has 1 saturated heterocycles. The first-order valence-electron chi connectivity index (χ1n) is 6.79. The highest BCUT2D eigenvalue weighted by Crippen LogP contribution is 2.17. The molecule has 1 aromatic rings. The number of methoxy groups -OCH3 is 1. The van der Waals surface area contributed by atoms with Crippen LogP contribution in [0.25, 0.3) is 0 Å². The maximum atomic E-state index is 12.3. The average molecular weight is 262 g/mol. The molecule has 1 aliphatic heterocycles. The van der Waals surface area contributed by atoms with Gasteiger partial charge in [-0.15, -0.1) is 0 Å². The number of carbonyl (C=O) groups excluding carboxylic acids is 1. The Kier molecular flexibility index (Phi) is 4.93. The molecule has 4 heteroatoms. The Morgan fingerprint density at radius 1 is 1.37 bits per heavy atom. The first-order valence-corrected chi connectivity index (χ1v) is 6.79. The molecule has 0 saturated carbocycles. The monoisotopic (exact) mass is 262 g/mol. The lowest BCUT2D eigenvalue weighted by atomic mass is 9.97. The summed E-state index contributed by atoms with van der Waals surface area (Å²) in [5.74, 6) is 0.534. The highest BCUT2D eigenvalue weighted by Gasteiger charge is 2.25. The van der Waals surface area contributed by atoms with E-state index in [9.17, 15) is 4.79 Å². The quantitative estimate of drug-likeness (QED) is 0.864. The molecule has 0 spiro atoms. The largest absolute Gasteiger partial charge is 0.367 e. The Morgan fingerprint density at radius 2 is 2.11 bits per heavy atom. The van der Waals surface area contributed by atoms with E-state index in [1.165, 1.54) is 0 Å². The SMILES string of the molecule is COC(C(=O)NC1CNCC(C)C1)c1ccccc1. The summed E-state index contributed by atoms with van der Waals surface area (Å²) in [4.78, 5) is 12.3. The van der Waals surface area contributed by atoms with E-state index in [-0.39, 0.29) is 11.9 Å². The number of piperidine rings is 1. The Balaban J connectivity index is 1.97. The summed E-state index contributed by atoms with van der Waals surface area (Å²) in [6.45, 7) is 4.05. The number of carbonyl (C=O) groups is 1. The van der Waals surface area contributed by atoms with Crippen molar-refractivity contribution in [3.05, 3.63) is 35.9 Å². The number of ether oxygens (including phenoxy) is 1. The van der Waals surface area contributed by atoms with Gasteiger partial charge in [0.1, 0.15) is 0 Å². The van der Waals surface area contributed by atoms with Gasteiger partial charge in [-0.25, -0.2) is 0 Å². The van der Waals surface area contributed by atoms with E-state index in [4.69, 9.17) is 4.74 Å². The van der Waals surface area contributed by atoms with Gasteiger partial charge in [0.15, 0.2) is 6.10 Å². The summed E-state index contributed by atoms with van der Waals surface area (Å²) in [6, 6.07) is 9.78. The molecule has 4 nitrogen and oxygen atoms in total. The van der Waals surface area contributed by atoms with Crippen molar-refractivity contribution >= 4 is 5.91 Å². The molecule has 0 radical (unpaired) electrons. The van der Waals surface area contributed by atoms with Crippen molar-refractivity contribution in [3.8, 4) is 0 Å². The Labute approximate surface area is 114 Å². The van der Waals surface area contributed by atoms with E-state index in [2.05, 4.69) is 17.6 Å². The van der Waals surface area contributed by atoms with E-state index in [0.717, 1.165) is 25.1 Å². The molecule has 3 atom stereocenters. The van der Waals surface area contributed by atoms with Gasteiger partial charge in [-0.05, 0) is 24.4 Å². The molecule has 2 N–H and O–H groups in total. The highest BCUT2D eigenvalue weighted by molar-refractivity contribution is 5.82. The topological polar surface area (TPSA) is 50.4 Å². The number of benzene rings is 1. The summed E-state index contributed by atoms with van der Waals surface area (Å²) in [7, 11) is 1.57. The summed E-state index contributed by atoms with van der Waals surface area (Å²) in [6.07, 6.45) is 0.489. The summed E-state index contributed by atoms with van der Waals surface area (Å²) >= 11 is 0. The van der Waals surface area contributed by atoms with Gasteiger partial charge in [0, 0.05) is 19.7 Å². The Bertz CT molecular complexity index is 408. The molecule has 3 unspecified atom stereocenters. The van der Waals surface area contributed by atoms with Crippen LogP contribution in [0.4, 0.5) is 0 Å². The minimum atomic E-state index is -0.529. The van der Waals surface area contributed by atoms with Gasteiger partial charge in [-0.1, -0.05) is 37.3 Å². The van der Waals surface area contributed by atoms with Crippen molar-refractivity contribution < 1.29 is 9.53 Å². The number of hydrogen-bond donors (Lipinski definition) is 2. The first kappa shape index (κ1) is 14.0. The highest BCUT2D eigenvalue weighted by atomic mass is 16.5. The van der Waals surface area contributed by atoms with E-state index >= 15 is 0 Å². The van der Waals surface area contributed by atoms with Crippen LogP contribution in [0.1, 0.15) is 25.0 Å². The number of nitrogens with one attached hydrogen (secondary N) is 2. The van der Waals surface area contributed by atoms with Crippen LogP contribution in [-0.4, -0.2) is 32.1 Å². The zero-order valence-corrected chi connectivity index (χ0v) is 11.6. The van der Waals surface area contributed by atoms with Crippen molar-refractivity contribution in [2.24, 2.45) is 5.92 Å². The molecule has 1 fully saturated rings. The molecule has 104 valence electrons. The maximum Gasteiger partial charge on any atom is 0.254 e. The van der Waals surface area contributed by atoms with Crippen molar-refractivity contribution in [2.45, 2.75) is 25.5 Å². The van der Waals surface area contributed by atoms with Gasteiger partial charge in [0.25, 0.3) is 5.91 Å². The van der Waals surface area contributed by atoms with Crippen LogP contribution < -0.4 is 10.6 Å². The lowest BCUT2D eigenvalue weighted by Crippen LogP contribution is -2.49. The molecule has 19 heavy (non-hydrogen) atoms. The third-order valence-corrected chi connectivity index (χ3v) is 3.49. The molecule has 1 aliphatic rings. The zero-order chi connectivity index (χ0) is 13.7. The number of rotatable bonds is 4. The van der Waals surface area contributed by atoms with Crippen molar-refractivity contribution in [3.63, 3.8) is 0 Å². The van der Waals surface area contributed by atoms with Crippen LogP contribution in [0, 0.1) is 5.92 Å². The zero-order valence-electron chi connectivity index (χ0n) is 11.6. The fourth-order valence-corrected chi connectivity index (χ4v) is 2.57. The Morgan fingerprint density at radius 3 is 2.74 bits per heavy atom. The van der Waals surface area contributed by atoms with Crippen LogP contribution in [0.5, 0.6) is 0 Å². The standard InChI is InChI=1S/C15H22N2O2/c1-11-8-13(10-16-9-11)17-15(18)14(19-2)12-6-4-3-5-7-12/h3-7,11,13-14,16H,8-10H2,1-2H3,(H,17,18). The van der Waals surface area contributed by atoms with E-state index in [1.54, 1.807) is 7.11 Å². The van der Waals surface area contributed by atoms with Crippen LogP contribution >= 0.6 is 0 Å². The predicted octanol–water partition coefficient (Wildman–Crippen LogP) is 1.49. The molecule has 0 bridgehead atoms. The lowest BCUT2D eigenvalue weighted by Gasteiger charge is -2.29. The summed E-state index contributed by atoms with van der Waals surface area (Å²) < 4.78 is 5.33. The molecule has 1 aromatic carbocycles. The second kappa shape index (κ2) is 6.68. The van der Waals surface area contributed by atoms with Crippen LogP contribution in [0.2, 0.25) is 0 Å². The van der Waals surface area contributed by atoms with Gasteiger partial charge >= 0.3 is 0 Å². The van der Waals surface area contributed by atoms with E-state index in [0.29, 0.717) is 5.92 Å². The van der Waals surface area contributed by atoms with E-state index in [1.807, 2.05) is 30.3 Å². The van der Waals surface area contributed by atoms with Crippen LogP contribution in [-0.2, 0) is 9.53 Å². The summed E-state index contributed by atoms with van der Waals surface area (Å²) in [5, 5.41) is 6.40. The normalized spacial score (nSPS) is 24.7. The first-order chi connectivity index (χ1) is 9.20.